The maximum absolute atomic E-state index is 12.9. The summed E-state index contributed by atoms with van der Waals surface area (Å²) in [5.41, 5.74) is 11.4. The van der Waals surface area contributed by atoms with E-state index in [2.05, 4.69) is 16.9 Å². The Bertz CT molecular complexity index is 1050. The number of para-hydroxylation sites is 2. The Morgan fingerprint density at radius 3 is 2.35 bits per heavy atom. The second kappa shape index (κ2) is 9.34. The van der Waals surface area contributed by atoms with Gasteiger partial charge in [-0.15, -0.1) is 0 Å². The lowest BCUT2D eigenvalue weighted by Gasteiger charge is -2.35. The van der Waals surface area contributed by atoms with Crippen molar-refractivity contribution in [3.8, 4) is 0 Å². The fraction of sp³-hybridized carbons (Fsp3) is 0.200. The molecule has 0 saturated carbocycles. The minimum atomic E-state index is 0.0739. The lowest BCUT2D eigenvalue weighted by molar-refractivity contribution is 0.123. The minimum absolute atomic E-state index is 0.0739. The zero-order valence-electron chi connectivity index (χ0n) is 17.5. The number of urea groups is 1. The number of nitrogens with one attached hydrogen (secondary N) is 1. The van der Waals surface area contributed by atoms with Gasteiger partial charge < -0.3 is 20.9 Å². The highest BCUT2D eigenvalue weighted by Crippen LogP contribution is 2.23. The van der Waals surface area contributed by atoms with Gasteiger partial charge in [-0.1, -0.05) is 49.0 Å². The molecule has 0 unspecified atom stereocenters. The molecule has 1 aliphatic rings. The van der Waals surface area contributed by atoms with E-state index in [0.717, 1.165) is 47.6 Å². The third kappa shape index (κ3) is 5.04. The molecule has 2 amide bonds. The first kappa shape index (κ1) is 20.5. The Labute approximate surface area is 183 Å². The van der Waals surface area contributed by atoms with Gasteiger partial charge in [0.2, 0.25) is 0 Å². The molecule has 0 bridgehead atoms. The molecule has 3 aromatic rings. The van der Waals surface area contributed by atoms with Crippen molar-refractivity contribution in [3.63, 3.8) is 0 Å². The zero-order chi connectivity index (χ0) is 21.6. The van der Waals surface area contributed by atoms with Crippen LogP contribution in [0.15, 0.2) is 79.6 Å². The molecule has 158 valence electrons. The number of carbonyl (C=O) groups excluding carboxylic acids is 1. The molecule has 0 atom stereocenters. The monoisotopic (exact) mass is 413 g/mol. The van der Waals surface area contributed by atoms with Gasteiger partial charge in [0.1, 0.15) is 0 Å². The van der Waals surface area contributed by atoms with Gasteiger partial charge in [-0.25, -0.2) is 4.79 Å². The molecule has 0 spiro atoms. The van der Waals surface area contributed by atoms with Gasteiger partial charge in [-0.3, -0.25) is 4.98 Å². The maximum atomic E-state index is 12.9. The van der Waals surface area contributed by atoms with Crippen LogP contribution in [0.4, 0.5) is 16.2 Å². The van der Waals surface area contributed by atoms with Crippen molar-refractivity contribution in [2.45, 2.75) is 19.5 Å². The number of amides is 2. The third-order valence-corrected chi connectivity index (χ3v) is 5.42. The van der Waals surface area contributed by atoms with E-state index in [9.17, 15) is 4.79 Å². The highest BCUT2D eigenvalue weighted by Gasteiger charge is 2.25. The highest BCUT2D eigenvalue weighted by atomic mass is 16.2. The predicted octanol–water partition coefficient (Wildman–Crippen LogP) is 4.57. The highest BCUT2D eigenvalue weighted by molar-refractivity contribution is 5.81. The Morgan fingerprint density at radius 1 is 0.968 bits per heavy atom. The Balaban J connectivity index is 1.37. The summed E-state index contributed by atoms with van der Waals surface area (Å²) in [6.07, 6.45) is 4.52. The van der Waals surface area contributed by atoms with E-state index < -0.39 is 0 Å². The summed E-state index contributed by atoms with van der Waals surface area (Å²) in [5, 5.41) is 3.27. The largest absolute Gasteiger partial charge is 0.397 e. The molecular weight excluding hydrogens is 386 g/mol. The molecule has 0 aliphatic carbocycles. The van der Waals surface area contributed by atoms with Crippen LogP contribution < -0.4 is 11.1 Å². The number of benzene rings is 2. The topological polar surface area (TPSA) is 74.5 Å². The summed E-state index contributed by atoms with van der Waals surface area (Å²) in [6, 6.07) is 19.7. The van der Waals surface area contributed by atoms with Crippen LogP contribution >= 0.6 is 0 Å². The number of nitrogens with zero attached hydrogens (tertiary/aromatic N) is 3. The molecule has 1 fully saturated rings. The number of carbonyl (C=O) groups is 1. The van der Waals surface area contributed by atoms with Gasteiger partial charge in [0.25, 0.3) is 0 Å². The Hall–Kier alpha value is -3.80. The van der Waals surface area contributed by atoms with Crippen LogP contribution in [0, 0.1) is 0 Å². The predicted molar refractivity (Wildman–Crippen MR) is 125 cm³/mol. The molecule has 4 rings (SSSR count). The van der Waals surface area contributed by atoms with E-state index in [4.69, 9.17) is 5.73 Å². The van der Waals surface area contributed by atoms with Gasteiger partial charge in [-0.05, 0) is 41.3 Å². The fourth-order valence-corrected chi connectivity index (χ4v) is 3.73. The molecule has 2 heterocycles. The zero-order valence-corrected chi connectivity index (χ0v) is 17.5. The summed E-state index contributed by atoms with van der Waals surface area (Å²) < 4.78 is 0. The van der Waals surface area contributed by atoms with E-state index in [1.54, 1.807) is 6.20 Å². The summed E-state index contributed by atoms with van der Waals surface area (Å²) in [4.78, 5) is 20.9. The molecule has 31 heavy (non-hydrogen) atoms. The molecule has 1 aromatic heterocycles. The van der Waals surface area contributed by atoms with Gasteiger partial charge in [0, 0.05) is 44.3 Å². The van der Waals surface area contributed by atoms with Crippen molar-refractivity contribution < 1.29 is 4.79 Å². The van der Waals surface area contributed by atoms with Gasteiger partial charge in [0.05, 0.1) is 11.4 Å². The van der Waals surface area contributed by atoms with E-state index in [-0.39, 0.29) is 6.03 Å². The van der Waals surface area contributed by atoms with Crippen LogP contribution in [-0.4, -0.2) is 33.9 Å². The second-order valence-electron chi connectivity index (χ2n) is 7.73. The first-order valence-electron chi connectivity index (χ1n) is 10.4. The summed E-state index contributed by atoms with van der Waals surface area (Å²) >= 11 is 0. The van der Waals surface area contributed by atoms with Crippen LogP contribution in [0.2, 0.25) is 0 Å². The molecule has 1 aliphatic heterocycles. The first-order valence-corrected chi connectivity index (χ1v) is 10.4. The summed E-state index contributed by atoms with van der Waals surface area (Å²) in [6.45, 7) is 6.86. The number of pyridine rings is 1. The van der Waals surface area contributed by atoms with Crippen molar-refractivity contribution in [2.75, 3.05) is 24.1 Å². The number of hydrogen-bond acceptors (Lipinski definition) is 4. The lowest BCUT2D eigenvalue weighted by atomic mass is 10.1. The van der Waals surface area contributed by atoms with Crippen molar-refractivity contribution in [1.82, 2.24) is 14.8 Å². The first-order chi connectivity index (χ1) is 15.1. The minimum Gasteiger partial charge on any atom is -0.397 e. The average molecular weight is 414 g/mol. The third-order valence-electron chi connectivity index (χ3n) is 5.42. The number of nitrogens with two attached hydrogens (primary N) is 1. The quantitative estimate of drug-likeness (QED) is 0.556. The van der Waals surface area contributed by atoms with E-state index in [1.807, 2.05) is 76.7 Å². The maximum Gasteiger partial charge on any atom is 0.320 e. The van der Waals surface area contributed by atoms with Crippen LogP contribution in [-0.2, 0) is 13.1 Å². The number of hydrogen-bond donors (Lipinski definition) is 2. The van der Waals surface area contributed by atoms with Gasteiger partial charge in [0.15, 0.2) is 0 Å². The lowest BCUT2D eigenvalue weighted by Crippen LogP contribution is -2.48. The molecular formula is C25H27N5O. The molecule has 2 aromatic carbocycles. The van der Waals surface area contributed by atoms with Crippen LogP contribution in [0.5, 0.6) is 0 Å². The van der Waals surface area contributed by atoms with Crippen LogP contribution in [0.25, 0.3) is 5.70 Å². The van der Waals surface area contributed by atoms with E-state index in [0.29, 0.717) is 18.8 Å². The van der Waals surface area contributed by atoms with Crippen molar-refractivity contribution in [2.24, 2.45) is 0 Å². The summed E-state index contributed by atoms with van der Waals surface area (Å²) in [5.74, 6) is 0. The van der Waals surface area contributed by atoms with Crippen LogP contribution in [0.3, 0.4) is 0 Å². The van der Waals surface area contributed by atoms with Crippen molar-refractivity contribution >= 4 is 23.1 Å². The molecule has 0 radical (unpaired) electrons. The van der Waals surface area contributed by atoms with Gasteiger partial charge >= 0.3 is 6.03 Å². The number of aromatic nitrogens is 1. The average Bonchev–Trinajstić information content (AvgIpc) is 2.79. The number of nitrogen functional groups attached to an aromatic ring is 1. The van der Waals surface area contributed by atoms with Crippen molar-refractivity contribution in [1.29, 1.82) is 0 Å². The Morgan fingerprint density at radius 2 is 1.68 bits per heavy atom. The standard InChI is InChI=1S/C25H27N5O/c1-19(28-24-8-3-2-7-23(24)26)22-11-9-20(10-12-22)17-29-14-5-15-30(25(29)31)18-21-6-4-13-27-16-21/h2-4,6-13,16,28H,1,5,14-15,17-18,26H2. The molecule has 1 saturated heterocycles. The van der Waals surface area contributed by atoms with E-state index >= 15 is 0 Å². The SMILES string of the molecule is C=C(Nc1ccccc1N)c1ccc(CN2CCCN(Cc3cccnc3)C2=O)cc1. The van der Waals surface area contributed by atoms with Crippen molar-refractivity contribution in [3.05, 3.63) is 96.3 Å². The van der Waals surface area contributed by atoms with E-state index in [1.165, 1.54) is 0 Å². The normalized spacial score (nSPS) is 13.9. The molecule has 3 N–H and O–H groups in total. The number of rotatable bonds is 7. The molecule has 6 heteroatoms. The Kier molecular flexibility index (Phi) is 6.17. The second-order valence-corrected chi connectivity index (χ2v) is 7.73. The summed E-state index contributed by atoms with van der Waals surface area (Å²) in [7, 11) is 0. The van der Waals surface area contributed by atoms with Gasteiger partial charge in [-0.2, -0.15) is 0 Å². The molecule has 6 nitrogen and oxygen atoms in total. The smallest absolute Gasteiger partial charge is 0.320 e. The number of anilines is 2. The van der Waals surface area contributed by atoms with Crippen LogP contribution in [0.1, 0.15) is 23.1 Å². The fourth-order valence-electron chi connectivity index (χ4n) is 3.73.